The van der Waals surface area contributed by atoms with Crippen LogP contribution in [0.4, 0.5) is 5.95 Å². The molecule has 1 atom stereocenters. The van der Waals surface area contributed by atoms with E-state index in [9.17, 15) is 9.59 Å². The Bertz CT molecular complexity index is 770. The Balaban J connectivity index is 1.82. The van der Waals surface area contributed by atoms with Crippen LogP contribution in [-0.2, 0) is 11.2 Å². The van der Waals surface area contributed by atoms with Gasteiger partial charge in [0.2, 0.25) is 11.9 Å². The third kappa shape index (κ3) is 3.76. The predicted molar refractivity (Wildman–Crippen MR) is 96.6 cm³/mol. The van der Waals surface area contributed by atoms with E-state index in [0.29, 0.717) is 18.4 Å². The molecule has 0 aliphatic heterocycles. The van der Waals surface area contributed by atoms with Crippen molar-refractivity contribution >= 4 is 17.6 Å². The molecular weight excluding hydrogens is 314 g/mol. The van der Waals surface area contributed by atoms with E-state index in [-0.39, 0.29) is 29.5 Å². The van der Waals surface area contributed by atoms with Crippen LogP contribution in [0.25, 0.3) is 0 Å². The summed E-state index contributed by atoms with van der Waals surface area (Å²) < 4.78 is 0. The second kappa shape index (κ2) is 7.55. The van der Waals surface area contributed by atoms with Crippen LogP contribution in [0.3, 0.4) is 0 Å². The molecule has 1 aliphatic rings. The first kappa shape index (κ1) is 17.3. The molecule has 0 bridgehead atoms. The Labute approximate surface area is 147 Å². The van der Waals surface area contributed by atoms with Crippen LogP contribution in [-0.4, -0.2) is 21.7 Å². The molecule has 0 saturated carbocycles. The number of fused-ring (bicyclic) bond motifs is 1. The standard InChI is InChI=1S/C20H23N3O2/c1-3-13(4-2)19(25)23-20-21-12-16-17(22-20)10-15(11-18(16)24)14-8-6-5-7-9-14/h5-9,12-13,15H,3-4,10-11H2,1-2H3,(H,21,22,23,25)/t15-/m0/s1. The van der Waals surface area contributed by atoms with Crippen LogP contribution in [0, 0.1) is 5.92 Å². The van der Waals surface area contributed by atoms with E-state index < -0.39 is 0 Å². The Morgan fingerprint density at radius 2 is 1.92 bits per heavy atom. The number of nitrogens with zero attached hydrogens (tertiary/aromatic N) is 2. The molecule has 1 aromatic heterocycles. The molecule has 0 fully saturated rings. The van der Waals surface area contributed by atoms with Crippen LogP contribution in [0.2, 0.25) is 0 Å². The van der Waals surface area contributed by atoms with Gasteiger partial charge in [-0.25, -0.2) is 9.97 Å². The second-order valence-electron chi connectivity index (χ2n) is 6.50. The highest BCUT2D eigenvalue weighted by atomic mass is 16.2. The summed E-state index contributed by atoms with van der Waals surface area (Å²) in [5.74, 6) is 0.369. The van der Waals surface area contributed by atoms with Gasteiger partial charge in [0.15, 0.2) is 5.78 Å². The van der Waals surface area contributed by atoms with E-state index in [1.807, 2.05) is 44.2 Å². The molecule has 1 amide bonds. The topological polar surface area (TPSA) is 72.0 Å². The van der Waals surface area contributed by atoms with Gasteiger partial charge in [-0.1, -0.05) is 44.2 Å². The number of hydrogen-bond donors (Lipinski definition) is 1. The van der Waals surface area contributed by atoms with E-state index >= 15 is 0 Å². The number of carbonyl (C=O) groups excluding carboxylic acids is 2. The van der Waals surface area contributed by atoms with Gasteiger partial charge in [-0.3, -0.25) is 14.9 Å². The van der Waals surface area contributed by atoms with Crippen LogP contribution in [0.1, 0.15) is 60.6 Å². The molecule has 0 saturated heterocycles. The fourth-order valence-corrected chi connectivity index (χ4v) is 3.34. The third-order valence-electron chi connectivity index (χ3n) is 4.90. The molecule has 1 N–H and O–H groups in total. The first-order chi connectivity index (χ1) is 12.1. The lowest BCUT2D eigenvalue weighted by molar-refractivity contribution is -0.120. The molecule has 25 heavy (non-hydrogen) atoms. The smallest absolute Gasteiger partial charge is 0.229 e. The molecule has 2 aromatic rings. The first-order valence-corrected chi connectivity index (χ1v) is 8.87. The van der Waals surface area contributed by atoms with Gasteiger partial charge in [0.1, 0.15) is 0 Å². The lowest BCUT2D eigenvalue weighted by Crippen LogP contribution is -2.25. The largest absolute Gasteiger partial charge is 0.294 e. The van der Waals surface area contributed by atoms with Crippen molar-refractivity contribution in [2.24, 2.45) is 5.92 Å². The normalized spacial score (nSPS) is 16.6. The van der Waals surface area contributed by atoms with Gasteiger partial charge in [0.25, 0.3) is 0 Å². The molecule has 1 aromatic carbocycles. The lowest BCUT2D eigenvalue weighted by atomic mass is 9.82. The van der Waals surface area contributed by atoms with E-state index in [1.165, 1.54) is 0 Å². The summed E-state index contributed by atoms with van der Waals surface area (Å²) in [6, 6.07) is 10.0. The van der Waals surface area contributed by atoms with E-state index in [2.05, 4.69) is 15.3 Å². The number of rotatable bonds is 5. The van der Waals surface area contributed by atoms with E-state index in [1.54, 1.807) is 6.20 Å². The average Bonchev–Trinajstić information content (AvgIpc) is 2.63. The minimum Gasteiger partial charge on any atom is -0.294 e. The number of nitrogens with one attached hydrogen (secondary N) is 1. The SMILES string of the molecule is CCC(CC)C(=O)Nc1ncc2c(n1)C[C@H](c1ccccc1)CC2=O. The van der Waals surface area contributed by atoms with Gasteiger partial charge in [-0.15, -0.1) is 0 Å². The highest BCUT2D eigenvalue weighted by Gasteiger charge is 2.28. The zero-order chi connectivity index (χ0) is 17.8. The van der Waals surface area contributed by atoms with Gasteiger partial charge in [0, 0.05) is 18.5 Å². The molecule has 5 heteroatoms. The fourth-order valence-electron chi connectivity index (χ4n) is 3.34. The zero-order valence-electron chi connectivity index (χ0n) is 14.7. The quantitative estimate of drug-likeness (QED) is 0.901. The molecule has 0 unspecified atom stereocenters. The van der Waals surface area contributed by atoms with Crippen molar-refractivity contribution in [3.8, 4) is 0 Å². The second-order valence-corrected chi connectivity index (χ2v) is 6.50. The van der Waals surface area contributed by atoms with Crippen molar-refractivity contribution in [1.82, 2.24) is 9.97 Å². The number of ketones is 1. The lowest BCUT2D eigenvalue weighted by Gasteiger charge is -2.23. The zero-order valence-corrected chi connectivity index (χ0v) is 14.7. The van der Waals surface area contributed by atoms with Crippen molar-refractivity contribution in [3.63, 3.8) is 0 Å². The van der Waals surface area contributed by atoms with Gasteiger partial charge in [0.05, 0.1) is 11.3 Å². The Kier molecular flexibility index (Phi) is 5.22. The maximum Gasteiger partial charge on any atom is 0.229 e. The maximum absolute atomic E-state index is 12.4. The summed E-state index contributed by atoms with van der Waals surface area (Å²) in [6.07, 6.45) is 4.26. The number of amides is 1. The average molecular weight is 337 g/mol. The molecule has 130 valence electrons. The Hall–Kier alpha value is -2.56. The molecule has 5 nitrogen and oxygen atoms in total. The molecule has 1 aliphatic carbocycles. The third-order valence-corrected chi connectivity index (χ3v) is 4.90. The van der Waals surface area contributed by atoms with Crippen molar-refractivity contribution in [3.05, 3.63) is 53.3 Å². The van der Waals surface area contributed by atoms with Gasteiger partial charge in [-0.2, -0.15) is 0 Å². The van der Waals surface area contributed by atoms with Crippen LogP contribution in [0.15, 0.2) is 36.5 Å². The first-order valence-electron chi connectivity index (χ1n) is 8.87. The highest BCUT2D eigenvalue weighted by Crippen LogP contribution is 2.31. The summed E-state index contributed by atoms with van der Waals surface area (Å²) in [5.41, 5.74) is 2.44. The maximum atomic E-state index is 12.4. The number of aromatic nitrogens is 2. The summed E-state index contributed by atoms with van der Waals surface area (Å²) in [6.45, 7) is 3.98. The van der Waals surface area contributed by atoms with Crippen LogP contribution < -0.4 is 5.32 Å². The number of Topliss-reactive ketones (excluding diaryl/α,β-unsaturated/α-hetero) is 1. The molecule has 0 spiro atoms. The van der Waals surface area contributed by atoms with Crippen LogP contribution >= 0.6 is 0 Å². The minimum atomic E-state index is -0.0632. The molecule has 1 heterocycles. The number of carbonyl (C=O) groups is 2. The van der Waals surface area contributed by atoms with Crippen molar-refractivity contribution in [2.45, 2.75) is 45.4 Å². The molecule has 0 radical (unpaired) electrons. The van der Waals surface area contributed by atoms with Crippen LogP contribution in [0.5, 0.6) is 0 Å². The predicted octanol–water partition coefficient (Wildman–Crippen LogP) is 3.76. The Morgan fingerprint density at radius 1 is 1.20 bits per heavy atom. The summed E-state index contributed by atoms with van der Waals surface area (Å²) >= 11 is 0. The van der Waals surface area contributed by atoms with Gasteiger partial charge >= 0.3 is 0 Å². The number of benzene rings is 1. The summed E-state index contributed by atoms with van der Waals surface area (Å²) in [5, 5.41) is 2.79. The highest BCUT2D eigenvalue weighted by molar-refractivity contribution is 5.99. The monoisotopic (exact) mass is 337 g/mol. The molecule has 3 rings (SSSR count). The fraction of sp³-hybridized carbons (Fsp3) is 0.400. The number of anilines is 1. The Morgan fingerprint density at radius 3 is 2.60 bits per heavy atom. The van der Waals surface area contributed by atoms with E-state index in [0.717, 1.165) is 24.1 Å². The van der Waals surface area contributed by atoms with Crippen molar-refractivity contribution in [2.75, 3.05) is 5.32 Å². The van der Waals surface area contributed by atoms with E-state index in [4.69, 9.17) is 0 Å². The molecular formula is C20H23N3O2. The van der Waals surface area contributed by atoms with Gasteiger partial charge < -0.3 is 0 Å². The summed E-state index contributed by atoms with van der Waals surface area (Å²) in [4.78, 5) is 33.3. The minimum absolute atomic E-state index is 0.0432. The van der Waals surface area contributed by atoms with Crippen molar-refractivity contribution in [1.29, 1.82) is 0 Å². The number of hydrogen-bond acceptors (Lipinski definition) is 4. The van der Waals surface area contributed by atoms with Crippen molar-refractivity contribution < 1.29 is 9.59 Å². The summed E-state index contributed by atoms with van der Waals surface area (Å²) in [7, 11) is 0. The van der Waals surface area contributed by atoms with Gasteiger partial charge in [-0.05, 0) is 30.7 Å².